The Morgan fingerprint density at radius 2 is 1.92 bits per heavy atom. The molecule has 3 heteroatoms. The third kappa shape index (κ3) is 2.36. The van der Waals surface area contributed by atoms with E-state index >= 15 is 0 Å². The summed E-state index contributed by atoms with van der Waals surface area (Å²) in [4.78, 5) is 0. The summed E-state index contributed by atoms with van der Waals surface area (Å²) in [5, 5.41) is 0.650. The van der Waals surface area contributed by atoms with E-state index in [-0.39, 0.29) is 6.04 Å². The van der Waals surface area contributed by atoms with Crippen LogP contribution in [-0.2, 0) is 0 Å². The SMILES string of the molecule is CC(C)C(N)c1ccc(Cl)cc1N. The summed E-state index contributed by atoms with van der Waals surface area (Å²) in [7, 11) is 0. The average molecular weight is 199 g/mol. The maximum Gasteiger partial charge on any atom is 0.0426 e. The summed E-state index contributed by atoms with van der Waals surface area (Å²) >= 11 is 5.78. The van der Waals surface area contributed by atoms with Gasteiger partial charge in [0.25, 0.3) is 0 Å². The van der Waals surface area contributed by atoms with Crippen molar-refractivity contribution < 1.29 is 0 Å². The van der Waals surface area contributed by atoms with Gasteiger partial charge in [0, 0.05) is 16.8 Å². The monoisotopic (exact) mass is 198 g/mol. The lowest BCUT2D eigenvalue weighted by Gasteiger charge is -2.17. The number of hydrogen-bond acceptors (Lipinski definition) is 2. The molecule has 0 aliphatic rings. The summed E-state index contributed by atoms with van der Waals surface area (Å²) < 4.78 is 0. The van der Waals surface area contributed by atoms with E-state index in [1.807, 2.05) is 12.1 Å². The van der Waals surface area contributed by atoms with Gasteiger partial charge in [-0.15, -0.1) is 0 Å². The Labute approximate surface area is 83.9 Å². The third-order valence-electron chi connectivity index (χ3n) is 2.13. The first-order valence-electron chi connectivity index (χ1n) is 4.33. The normalized spacial score (nSPS) is 13.3. The molecule has 1 unspecified atom stereocenters. The smallest absolute Gasteiger partial charge is 0.0426 e. The highest BCUT2D eigenvalue weighted by molar-refractivity contribution is 6.30. The first-order valence-corrected chi connectivity index (χ1v) is 4.70. The van der Waals surface area contributed by atoms with Crippen LogP contribution in [0.5, 0.6) is 0 Å². The number of nitrogen functional groups attached to an aromatic ring is 1. The Bertz CT molecular complexity index is 297. The Morgan fingerprint density at radius 3 is 2.38 bits per heavy atom. The minimum atomic E-state index is -0.0164. The van der Waals surface area contributed by atoms with E-state index in [1.165, 1.54) is 0 Å². The molecule has 13 heavy (non-hydrogen) atoms. The number of anilines is 1. The molecule has 0 aromatic heterocycles. The zero-order chi connectivity index (χ0) is 10.0. The number of benzene rings is 1. The molecule has 0 spiro atoms. The van der Waals surface area contributed by atoms with Gasteiger partial charge in [-0.3, -0.25) is 0 Å². The fraction of sp³-hybridized carbons (Fsp3) is 0.400. The first kappa shape index (κ1) is 10.4. The Hall–Kier alpha value is -0.730. The Balaban J connectivity index is 3.01. The van der Waals surface area contributed by atoms with Crippen LogP contribution in [0.4, 0.5) is 5.69 Å². The second-order valence-electron chi connectivity index (χ2n) is 3.54. The second-order valence-corrected chi connectivity index (χ2v) is 3.98. The molecular formula is C10H15ClN2. The van der Waals surface area contributed by atoms with Crippen molar-refractivity contribution in [1.82, 2.24) is 0 Å². The van der Waals surface area contributed by atoms with Crippen LogP contribution in [0.1, 0.15) is 25.5 Å². The van der Waals surface area contributed by atoms with Gasteiger partial charge in [-0.1, -0.05) is 31.5 Å². The lowest BCUT2D eigenvalue weighted by Crippen LogP contribution is -2.18. The summed E-state index contributed by atoms with van der Waals surface area (Å²) in [5.41, 5.74) is 13.4. The second kappa shape index (κ2) is 3.99. The Morgan fingerprint density at radius 1 is 1.31 bits per heavy atom. The molecule has 0 heterocycles. The van der Waals surface area contributed by atoms with Crippen molar-refractivity contribution in [3.8, 4) is 0 Å². The van der Waals surface area contributed by atoms with Gasteiger partial charge >= 0.3 is 0 Å². The van der Waals surface area contributed by atoms with Crippen molar-refractivity contribution in [3.63, 3.8) is 0 Å². The molecule has 72 valence electrons. The van der Waals surface area contributed by atoms with Crippen molar-refractivity contribution >= 4 is 17.3 Å². The van der Waals surface area contributed by atoms with E-state index in [9.17, 15) is 0 Å². The highest BCUT2D eigenvalue weighted by Crippen LogP contribution is 2.26. The molecule has 1 aromatic rings. The van der Waals surface area contributed by atoms with Crippen LogP contribution >= 0.6 is 11.6 Å². The van der Waals surface area contributed by atoms with Crippen molar-refractivity contribution in [3.05, 3.63) is 28.8 Å². The topological polar surface area (TPSA) is 52.0 Å². The van der Waals surface area contributed by atoms with Gasteiger partial charge in [0.1, 0.15) is 0 Å². The van der Waals surface area contributed by atoms with E-state index in [0.29, 0.717) is 16.6 Å². The van der Waals surface area contributed by atoms with E-state index in [2.05, 4.69) is 13.8 Å². The molecule has 0 aliphatic heterocycles. The van der Waals surface area contributed by atoms with Crippen LogP contribution < -0.4 is 11.5 Å². The molecule has 0 saturated heterocycles. The van der Waals surface area contributed by atoms with Crippen molar-refractivity contribution in [2.45, 2.75) is 19.9 Å². The first-order chi connectivity index (χ1) is 6.02. The number of nitrogens with two attached hydrogens (primary N) is 2. The molecule has 0 radical (unpaired) electrons. The average Bonchev–Trinajstić information content (AvgIpc) is 2.03. The Kier molecular flexibility index (Phi) is 3.17. The van der Waals surface area contributed by atoms with Crippen molar-refractivity contribution in [1.29, 1.82) is 0 Å². The minimum Gasteiger partial charge on any atom is -0.398 e. The molecule has 1 rings (SSSR count). The van der Waals surface area contributed by atoms with Crippen LogP contribution in [0.2, 0.25) is 5.02 Å². The maximum absolute atomic E-state index is 5.97. The fourth-order valence-corrected chi connectivity index (χ4v) is 1.39. The van der Waals surface area contributed by atoms with E-state index in [4.69, 9.17) is 23.1 Å². The number of rotatable bonds is 2. The maximum atomic E-state index is 5.97. The van der Waals surface area contributed by atoms with E-state index in [0.717, 1.165) is 5.56 Å². The van der Waals surface area contributed by atoms with Crippen LogP contribution in [-0.4, -0.2) is 0 Å². The molecule has 0 amide bonds. The van der Waals surface area contributed by atoms with Gasteiger partial charge in [-0.2, -0.15) is 0 Å². The van der Waals surface area contributed by atoms with Crippen LogP contribution in [0.15, 0.2) is 18.2 Å². The molecular weight excluding hydrogens is 184 g/mol. The van der Waals surface area contributed by atoms with E-state index < -0.39 is 0 Å². The van der Waals surface area contributed by atoms with Crippen LogP contribution in [0.25, 0.3) is 0 Å². The molecule has 1 aromatic carbocycles. The quantitative estimate of drug-likeness (QED) is 0.718. The predicted molar refractivity (Wildman–Crippen MR) is 57.6 cm³/mol. The summed E-state index contributed by atoms with van der Waals surface area (Å²) in [6, 6.07) is 5.42. The number of halogens is 1. The molecule has 0 fully saturated rings. The van der Waals surface area contributed by atoms with Gasteiger partial charge in [0.15, 0.2) is 0 Å². The summed E-state index contributed by atoms with van der Waals surface area (Å²) in [6.45, 7) is 4.14. The molecule has 0 saturated carbocycles. The molecule has 0 bridgehead atoms. The number of hydrogen-bond donors (Lipinski definition) is 2. The van der Waals surface area contributed by atoms with Crippen LogP contribution in [0.3, 0.4) is 0 Å². The molecule has 4 N–H and O–H groups in total. The van der Waals surface area contributed by atoms with Gasteiger partial charge in [-0.25, -0.2) is 0 Å². The van der Waals surface area contributed by atoms with Gasteiger partial charge in [0.2, 0.25) is 0 Å². The third-order valence-corrected chi connectivity index (χ3v) is 2.36. The van der Waals surface area contributed by atoms with Crippen LogP contribution in [0, 0.1) is 5.92 Å². The lowest BCUT2D eigenvalue weighted by molar-refractivity contribution is 0.515. The molecule has 2 nitrogen and oxygen atoms in total. The fourth-order valence-electron chi connectivity index (χ4n) is 1.21. The van der Waals surface area contributed by atoms with E-state index in [1.54, 1.807) is 6.07 Å². The minimum absolute atomic E-state index is 0.0164. The van der Waals surface area contributed by atoms with Gasteiger partial charge < -0.3 is 11.5 Å². The van der Waals surface area contributed by atoms with Crippen molar-refractivity contribution in [2.24, 2.45) is 11.7 Å². The molecule has 1 atom stereocenters. The largest absolute Gasteiger partial charge is 0.398 e. The summed E-state index contributed by atoms with van der Waals surface area (Å²) in [6.07, 6.45) is 0. The standard InChI is InChI=1S/C10H15ClN2/c1-6(2)10(13)8-4-3-7(11)5-9(8)12/h3-6,10H,12-13H2,1-2H3. The lowest BCUT2D eigenvalue weighted by atomic mass is 9.96. The summed E-state index contributed by atoms with van der Waals surface area (Å²) in [5.74, 6) is 0.378. The highest BCUT2D eigenvalue weighted by Gasteiger charge is 2.12. The zero-order valence-corrected chi connectivity index (χ0v) is 8.68. The van der Waals surface area contributed by atoms with Gasteiger partial charge in [0.05, 0.1) is 0 Å². The highest BCUT2D eigenvalue weighted by atomic mass is 35.5. The predicted octanol–water partition coefficient (Wildman–Crippen LogP) is 2.58. The van der Waals surface area contributed by atoms with Crippen molar-refractivity contribution in [2.75, 3.05) is 5.73 Å². The van der Waals surface area contributed by atoms with Gasteiger partial charge in [-0.05, 0) is 23.6 Å². The molecule has 0 aliphatic carbocycles. The zero-order valence-electron chi connectivity index (χ0n) is 7.92.